The average Bonchev–Trinajstić information content (AvgIpc) is 2.90. The van der Waals surface area contributed by atoms with Gasteiger partial charge in [-0.1, -0.05) is 19.9 Å². The Kier molecular flexibility index (Phi) is 4.37. The molecular formula is C20H28O4. The molecule has 4 nitrogen and oxygen atoms in total. The molecule has 132 valence electrons. The normalized spacial score (nSPS) is 36.0. The van der Waals surface area contributed by atoms with Crippen molar-refractivity contribution in [1.29, 1.82) is 0 Å². The van der Waals surface area contributed by atoms with Crippen molar-refractivity contribution in [3.63, 3.8) is 0 Å². The molecule has 4 heteroatoms. The van der Waals surface area contributed by atoms with Crippen LogP contribution < -0.4 is 0 Å². The molecule has 24 heavy (non-hydrogen) atoms. The maximum absolute atomic E-state index is 12.1. The highest BCUT2D eigenvalue weighted by molar-refractivity contribution is 5.87. The fourth-order valence-electron chi connectivity index (χ4n) is 4.46. The van der Waals surface area contributed by atoms with E-state index in [1.54, 1.807) is 19.3 Å². The molecule has 0 amide bonds. The van der Waals surface area contributed by atoms with Gasteiger partial charge in [-0.3, -0.25) is 0 Å². The summed E-state index contributed by atoms with van der Waals surface area (Å²) in [6.45, 7) is 10.1. The fraction of sp³-hybridized carbons (Fsp3) is 0.650. The predicted molar refractivity (Wildman–Crippen MR) is 91.4 cm³/mol. The molecule has 1 aromatic rings. The van der Waals surface area contributed by atoms with Crippen LogP contribution in [-0.2, 0) is 16.0 Å². The molecule has 1 heterocycles. The second-order valence-electron chi connectivity index (χ2n) is 7.87. The van der Waals surface area contributed by atoms with Gasteiger partial charge in [0.2, 0.25) is 0 Å². The number of hydrogen-bond acceptors (Lipinski definition) is 4. The Bertz CT molecular complexity index is 671. The van der Waals surface area contributed by atoms with Crippen molar-refractivity contribution < 1.29 is 19.1 Å². The fourth-order valence-corrected chi connectivity index (χ4v) is 4.46. The van der Waals surface area contributed by atoms with E-state index in [0.29, 0.717) is 23.7 Å². The zero-order valence-electron chi connectivity index (χ0n) is 15.3. The van der Waals surface area contributed by atoms with Crippen LogP contribution >= 0.6 is 0 Å². The highest BCUT2D eigenvalue weighted by Crippen LogP contribution is 2.57. The van der Waals surface area contributed by atoms with E-state index in [2.05, 4.69) is 13.8 Å². The molecule has 1 saturated carbocycles. The van der Waals surface area contributed by atoms with E-state index in [9.17, 15) is 9.90 Å². The number of hydrogen-bond donors (Lipinski definition) is 1. The molecule has 0 radical (unpaired) electrons. The Balaban J connectivity index is 1.85. The van der Waals surface area contributed by atoms with Crippen LogP contribution in [0.25, 0.3) is 0 Å². The first kappa shape index (κ1) is 17.3. The van der Waals surface area contributed by atoms with Gasteiger partial charge in [0.15, 0.2) is 0 Å². The summed E-state index contributed by atoms with van der Waals surface area (Å²) in [5.74, 6) is 0.858. The van der Waals surface area contributed by atoms with Gasteiger partial charge in [0.1, 0.15) is 18.0 Å². The molecule has 5 atom stereocenters. The maximum Gasteiger partial charge on any atom is 0.333 e. The lowest BCUT2D eigenvalue weighted by atomic mass is 9.54. The van der Waals surface area contributed by atoms with Crippen molar-refractivity contribution in [2.24, 2.45) is 17.3 Å². The van der Waals surface area contributed by atoms with E-state index in [0.717, 1.165) is 24.0 Å². The van der Waals surface area contributed by atoms with Crippen molar-refractivity contribution >= 4 is 5.97 Å². The molecule has 0 spiro atoms. The summed E-state index contributed by atoms with van der Waals surface area (Å²) in [6, 6.07) is 0. The van der Waals surface area contributed by atoms with Crippen molar-refractivity contribution in [1.82, 2.24) is 0 Å². The van der Waals surface area contributed by atoms with Crippen LogP contribution in [0.3, 0.4) is 0 Å². The maximum atomic E-state index is 12.1. The van der Waals surface area contributed by atoms with Gasteiger partial charge in [-0.25, -0.2) is 4.79 Å². The quantitative estimate of drug-likeness (QED) is 0.654. The summed E-state index contributed by atoms with van der Waals surface area (Å²) in [5.41, 5.74) is 2.91. The third-order valence-electron chi connectivity index (χ3n) is 6.48. The number of aliphatic hydroxyl groups is 1. The Labute approximate surface area is 143 Å². The number of aliphatic hydroxyl groups excluding tert-OH is 1. The first-order valence-corrected chi connectivity index (χ1v) is 8.86. The van der Waals surface area contributed by atoms with E-state index in [1.165, 1.54) is 0 Å². The standard InChI is InChI=1S/C20H28O4/c1-6-11(2)19(22)24-14-7-13(4)20(5)9-15-12(3)10-23-18(15)17(21)16(20)8-14/h6,10,13-14,16-17,21H,7-9H2,1-5H3/t13-,14+,16+,17+,20+/m0/s1. The van der Waals surface area contributed by atoms with Crippen LogP contribution in [-0.4, -0.2) is 17.2 Å². The largest absolute Gasteiger partial charge is 0.466 e. The molecule has 2 aliphatic carbocycles. The van der Waals surface area contributed by atoms with E-state index < -0.39 is 6.10 Å². The summed E-state index contributed by atoms with van der Waals surface area (Å²) in [7, 11) is 0. The average molecular weight is 332 g/mol. The summed E-state index contributed by atoms with van der Waals surface area (Å²) < 4.78 is 11.3. The number of aryl methyl sites for hydroxylation is 1. The van der Waals surface area contributed by atoms with Crippen LogP contribution in [0.15, 0.2) is 22.3 Å². The number of carbonyl (C=O) groups is 1. The van der Waals surface area contributed by atoms with Crippen LogP contribution in [0.4, 0.5) is 0 Å². The molecule has 1 fully saturated rings. The third-order valence-corrected chi connectivity index (χ3v) is 6.48. The number of esters is 1. The van der Waals surface area contributed by atoms with Gasteiger partial charge in [0.25, 0.3) is 0 Å². The number of rotatable bonds is 2. The number of ether oxygens (including phenoxy) is 1. The molecule has 3 rings (SSSR count). The lowest BCUT2D eigenvalue weighted by Gasteiger charge is -2.52. The summed E-state index contributed by atoms with van der Waals surface area (Å²) in [4.78, 5) is 12.1. The van der Waals surface area contributed by atoms with Gasteiger partial charge in [0, 0.05) is 11.5 Å². The zero-order valence-corrected chi connectivity index (χ0v) is 15.3. The van der Waals surface area contributed by atoms with Gasteiger partial charge in [-0.2, -0.15) is 0 Å². The van der Waals surface area contributed by atoms with Crippen molar-refractivity contribution in [2.45, 2.75) is 66.1 Å². The topological polar surface area (TPSA) is 59.7 Å². The van der Waals surface area contributed by atoms with E-state index in [-0.39, 0.29) is 23.4 Å². The number of furan rings is 1. The van der Waals surface area contributed by atoms with Gasteiger partial charge >= 0.3 is 5.97 Å². The Morgan fingerprint density at radius 1 is 1.46 bits per heavy atom. The number of carbonyl (C=O) groups excluding carboxylic acids is 1. The third kappa shape index (κ3) is 2.61. The van der Waals surface area contributed by atoms with Crippen LogP contribution in [0.2, 0.25) is 0 Å². The Morgan fingerprint density at radius 2 is 2.17 bits per heavy atom. The van der Waals surface area contributed by atoms with E-state index in [4.69, 9.17) is 9.15 Å². The first-order chi connectivity index (χ1) is 11.3. The molecule has 0 aromatic carbocycles. The van der Waals surface area contributed by atoms with Crippen molar-refractivity contribution in [2.75, 3.05) is 0 Å². The van der Waals surface area contributed by atoms with Crippen LogP contribution in [0, 0.1) is 24.2 Å². The van der Waals surface area contributed by atoms with Crippen LogP contribution in [0.5, 0.6) is 0 Å². The minimum absolute atomic E-state index is 0.000399. The molecule has 0 saturated heterocycles. The molecule has 2 aliphatic rings. The highest BCUT2D eigenvalue weighted by atomic mass is 16.5. The second-order valence-corrected chi connectivity index (χ2v) is 7.87. The number of fused-ring (bicyclic) bond motifs is 2. The van der Waals surface area contributed by atoms with Gasteiger partial charge in [-0.15, -0.1) is 0 Å². The SMILES string of the molecule is CC=C(C)C(=O)O[C@H]1C[C@@H]2[C@@H](O)c3occ(C)c3C[C@]2(C)[C@@H](C)C1. The summed E-state index contributed by atoms with van der Waals surface area (Å²) >= 11 is 0. The highest BCUT2D eigenvalue weighted by Gasteiger charge is 2.53. The lowest BCUT2D eigenvalue weighted by molar-refractivity contribution is -0.156. The molecule has 0 aliphatic heterocycles. The number of allylic oxidation sites excluding steroid dienone is 1. The van der Waals surface area contributed by atoms with Crippen molar-refractivity contribution in [3.8, 4) is 0 Å². The van der Waals surface area contributed by atoms with E-state index in [1.807, 2.05) is 13.8 Å². The molecular weight excluding hydrogens is 304 g/mol. The zero-order chi connectivity index (χ0) is 17.6. The Morgan fingerprint density at radius 3 is 2.83 bits per heavy atom. The monoisotopic (exact) mass is 332 g/mol. The second kappa shape index (κ2) is 6.07. The molecule has 1 N–H and O–H groups in total. The molecule has 0 bridgehead atoms. The minimum Gasteiger partial charge on any atom is -0.466 e. The summed E-state index contributed by atoms with van der Waals surface area (Å²) in [6.07, 6.45) is 5.19. The van der Waals surface area contributed by atoms with Crippen molar-refractivity contribution in [3.05, 3.63) is 34.8 Å². The smallest absolute Gasteiger partial charge is 0.333 e. The van der Waals surface area contributed by atoms with Gasteiger partial charge in [-0.05, 0) is 62.5 Å². The molecule has 1 aromatic heterocycles. The van der Waals surface area contributed by atoms with Gasteiger partial charge < -0.3 is 14.3 Å². The minimum atomic E-state index is -0.626. The lowest BCUT2D eigenvalue weighted by Crippen LogP contribution is -2.49. The molecule has 0 unspecified atom stereocenters. The predicted octanol–water partition coefficient (Wildman–Crippen LogP) is 4.11. The summed E-state index contributed by atoms with van der Waals surface area (Å²) in [5, 5.41) is 10.9. The van der Waals surface area contributed by atoms with E-state index >= 15 is 0 Å². The first-order valence-electron chi connectivity index (χ1n) is 8.86. The van der Waals surface area contributed by atoms with Gasteiger partial charge in [0.05, 0.1) is 6.26 Å². The van der Waals surface area contributed by atoms with Crippen LogP contribution in [0.1, 0.15) is 63.5 Å². The Hall–Kier alpha value is -1.55.